The van der Waals surface area contributed by atoms with E-state index in [4.69, 9.17) is 9.47 Å². The van der Waals surface area contributed by atoms with Crippen molar-refractivity contribution >= 4 is 22.7 Å². The molecule has 7 nitrogen and oxygen atoms in total. The van der Waals surface area contributed by atoms with Crippen molar-refractivity contribution in [1.29, 1.82) is 0 Å². The number of ether oxygens (including phenoxy) is 2. The minimum absolute atomic E-state index is 0.0776. The van der Waals surface area contributed by atoms with Crippen molar-refractivity contribution in [3.8, 4) is 0 Å². The van der Waals surface area contributed by atoms with Crippen molar-refractivity contribution in [3.05, 3.63) is 53.7 Å². The summed E-state index contributed by atoms with van der Waals surface area (Å²) in [4.78, 5) is 31.5. The van der Waals surface area contributed by atoms with Gasteiger partial charge in [-0.1, -0.05) is 57.0 Å². The minimum Gasteiger partial charge on any atom is -0.457 e. The monoisotopic (exact) mass is 551 g/mol. The number of nitrogens with zero attached hydrogens (tertiary/aromatic N) is 1. The maximum Gasteiger partial charge on any atom is 0.309 e. The third-order valence-corrected chi connectivity index (χ3v) is 9.01. The molecule has 1 aromatic carbocycles. The molecule has 1 aromatic heterocycles. The van der Waals surface area contributed by atoms with Crippen LogP contribution in [-0.2, 0) is 19.1 Å². The Balaban J connectivity index is 1.63. The Kier molecular flexibility index (Phi) is 9.18. The van der Waals surface area contributed by atoms with Crippen LogP contribution in [0.1, 0.15) is 91.7 Å². The second-order valence-electron chi connectivity index (χ2n) is 12.9. The van der Waals surface area contributed by atoms with Gasteiger partial charge in [0, 0.05) is 23.9 Å². The van der Waals surface area contributed by atoms with Gasteiger partial charge in [0.2, 0.25) is 0 Å². The van der Waals surface area contributed by atoms with Gasteiger partial charge in [-0.15, -0.1) is 0 Å². The zero-order valence-electron chi connectivity index (χ0n) is 24.7. The summed E-state index contributed by atoms with van der Waals surface area (Å²) in [6, 6.07) is 9.71. The first-order chi connectivity index (χ1) is 18.8. The molecule has 0 saturated carbocycles. The fourth-order valence-electron chi connectivity index (χ4n) is 5.91. The highest BCUT2D eigenvalue weighted by Crippen LogP contribution is 2.47. The number of hydrogen-bond donors (Lipinski definition) is 2. The molecule has 2 aliphatic rings. The highest BCUT2D eigenvalue weighted by Gasteiger charge is 2.53. The topological polar surface area (TPSA) is 109 Å². The molecule has 40 heavy (non-hydrogen) atoms. The van der Waals surface area contributed by atoms with E-state index in [1.54, 1.807) is 20.0 Å². The predicted molar refractivity (Wildman–Crippen MR) is 154 cm³/mol. The average Bonchev–Trinajstić information content (AvgIpc) is 3.55. The zero-order chi connectivity index (χ0) is 29.2. The summed E-state index contributed by atoms with van der Waals surface area (Å²) in [7, 11) is 0. The summed E-state index contributed by atoms with van der Waals surface area (Å²) < 4.78 is 12.1. The van der Waals surface area contributed by atoms with E-state index in [1.807, 2.05) is 57.2 Å². The SMILES string of the molecule is CC(C)=CC[C@H]1C(=O)C(C)(C)[C@@H](O)CC(=O)O[C@H](c2ccc3cccnc3c2)CC2OC2(C)CCC[C@H](C)[C@H]1O. The number of carbonyl (C=O) groups excluding carboxylic acids is 2. The van der Waals surface area contributed by atoms with Gasteiger partial charge in [0.15, 0.2) is 0 Å². The lowest BCUT2D eigenvalue weighted by Gasteiger charge is -2.36. The third kappa shape index (κ3) is 6.81. The van der Waals surface area contributed by atoms with E-state index >= 15 is 0 Å². The maximum absolute atomic E-state index is 13.8. The van der Waals surface area contributed by atoms with Crippen LogP contribution in [0.4, 0.5) is 0 Å². The summed E-state index contributed by atoms with van der Waals surface area (Å²) in [6.45, 7) is 11.3. The molecule has 2 unspecified atom stereocenters. The number of cyclic esters (lactones) is 1. The van der Waals surface area contributed by atoms with E-state index in [9.17, 15) is 19.8 Å². The number of aliphatic hydroxyl groups excluding tert-OH is 2. The number of pyridine rings is 1. The lowest BCUT2D eigenvalue weighted by atomic mass is 9.71. The summed E-state index contributed by atoms with van der Waals surface area (Å²) in [5.74, 6) is -1.61. The predicted octanol–water partition coefficient (Wildman–Crippen LogP) is 5.87. The van der Waals surface area contributed by atoms with Crippen molar-refractivity contribution in [2.75, 3.05) is 0 Å². The molecule has 3 heterocycles. The van der Waals surface area contributed by atoms with Crippen molar-refractivity contribution in [2.24, 2.45) is 17.3 Å². The molecular weight excluding hydrogens is 506 g/mol. The largest absolute Gasteiger partial charge is 0.457 e. The second-order valence-corrected chi connectivity index (χ2v) is 12.9. The Morgan fingerprint density at radius 3 is 2.62 bits per heavy atom. The number of carbonyl (C=O) groups is 2. The molecule has 0 bridgehead atoms. The van der Waals surface area contributed by atoms with Crippen LogP contribution in [0.15, 0.2) is 48.2 Å². The van der Waals surface area contributed by atoms with Crippen molar-refractivity contribution in [1.82, 2.24) is 4.98 Å². The van der Waals surface area contributed by atoms with Gasteiger partial charge >= 0.3 is 5.97 Å². The molecule has 2 saturated heterocycles. The van der Waals surface area contributed by atoms with E-state index in [0.29, 0.717) is 12.8 Å². The van der Waals surface area contributed by atoms with Crippen molar-refractivity contribution < 1.29 is 29.3 Å². The molecule has 0 radical (unpaired) electrons. The lowest BCUT2D eigenvalue weighted by molar-refractivity contribution is -0.156. The first kappa shape index (κ1) is 30.4. The molecule has 2 aliphatic heterocycles. The Morgan fingerprint density at radius 2 is 1.90 bits per heavy atom. The van der Waals surface area contributed by atoms with Crippen LogP contribution in [0.5, 0.6) is 0 Å². The average molecular weight is 552 g/mol. The number of Topliss-reactive ketones (excluding diaryl/α,β-unsaturated/α-hetero) is 1. The molecule has 7 heteroatoms. The van der Waals surface area contributed by atoms with Crippen LogP contribution in [0, 0.1) is 17.3 Å². The number of hydrogen-bond acceptors (Lipinski definition) is 7. The number of epoxide rings is 1. The Bertz CT molecular complexity index is 1250. The van der Waals surface area contributed by atoms with Gasteiger partial charge < -0.3 is 19.7 Å². The van der Waals surface area contributed by atoms with Gasteiger partial charge in [-0.25, -0.2) is 0 Å². The van der Waals surface area contributed by atoms with Crippen LogP contribution in [0.25, 0.3) is 10.9 Å². The number of ketones is 1. The molecule has 218 valence electrons. The van der Waals surface area contributed by atoms with Crippen LogP contribution in [-0.4, -0.2) is 50.9 Å². The third-order valence-electron chi connectivity index (χ3n) is 9.01. The smallest absolute Gasteiger partial charge is 0.309 e. The van der Waals surface area contributed by atoms with E-state index in [2.05, 4.69) is 11.9 Å². The van der Waals surface area contributed by atoms with Gasteiger partial charge in [0.1, 0.15) is 11.9 Å². The normalized spacial score (nSPS) is 33.6. The van der Waals surface area contributed by atoms with Crippen LogP contribution < -0.4 is 0 Å². The summed E-state index contributed by atoms with van der Waals surface area (Å²) in [5.41, 5.74) is 1.10. The molecule has 0 spiro atoms. The quantitative estimate of drug-likeness (QED) is 0.279. The first-order valence-corrected chi connectivity index (χ1v) is 14.6. The molecule has 2 aromatic rings. The fourth-order valence-corrected chi connectivity index (χ4v) is 5.91. The molecule has 0 amide bonds. The van der Waals surface area contributed by atoms with E-state index in [1.165, 1.54) is 0 Å². The zero-order valence-corrected chi connectivity index (χ0v) is 24.7. The highest BCUT2D eigenvalue weighted by molar-refractivity contribution is 5.88. The van der Waals surface area contributed by atoms with E-state index in [0.717, 1.165) is 41.3 Å². The maximum atomic E-state index is 13.8. The molecule has 4 rings (SSSR count). The standard InChI is InChI=1S/C33H45NO6/c1-20(2)11-14-24-30(37)21(3)9-7-15-33(6)28(40-33)18-26(23-13-12-22-10-8-16-34-25(22)17-23)39-29(36)19-27(35)32(4,5)31(24)38/h8,10-13,16-17,21,24,26-28,30,35,37H,7,9,14-15,18-19H2,1-6H3/t21-,24+,26-,27-,28?,30+,33?/m0/s1. The Morgan fingerprint density at radius 1 is 1.15 bits per heavy atom. The molecule has 0 aliphatic carbocycles. The van der Waals surface area contributed by atoms with E-state index in [-0.39, 0.29) is 29.8 Å². The molecule has 2 N–H and O–H groups in total. The Labute approximate surface area is 238 Å². The lowest BCUT2D eigenvalue weighted by Crippen LogP contribution is -2.46. The number of aromatic nitrogens is 1. The Hall–Kier alpha value is -2.61. The van der Waals surface area contributed by atoms with Gasteiger partial charge in [0.25, 0.3) is 0 Å². The minimum atomic E-state index is -1.27. The van der Waals surface area contributed by atoms with Crippen LogP contribution in [0.3, 0.4) is 0 Å². The summed E-state index contributed by atoms with van der Waals surface area (Å²) in [5, 5.41) is 23.5. The van der Waals surface area contributed by atoms with E-state index < -0.39 is 35.6 Å². The van der Waals surface area contributed by atoms with Gasteiger partial charge in [-0.05, 0) is 63.6 Å². The molecule has 7 atom stereocenters. The second kappa shape index (κ2) is 12.1. The first-order valence-electron chi connectivity index (χ1n) is 14.6. The number of fused-ring (bicyclic) bond motifs is 2. The molecular formula is C33H45NO6. The van der Waals surface area contributed by atoms with Gasteiger partial charge in [-0.2, -0.15) is 0 Å². The number of aliphatic hydroxyl groups is 2. The van der Waals surface area contributed by atoms with Crippen molar-refractivity contribution in [2.45, 2.75) is 110 Å². The summed E-state index contributed by atoms with van der Waals surface area (Å²) >= 11 is 0. The highest BCUT2D eigenvalue weighted by atomic mass is 16.6. The molecule has 2 fully saturated rings. The summed E-state index contributed by atoms with van der Waals surface area (Å²) in [6.07, 6.45) is 3.86. The van der Waals surface area contributed by atoms with Crippen LogP contribution in [0.2, 0.25) is 0 Å². The number of benzene rings is 1. The van der Waals surface area contributed by atoms with Gasteiger partial charge in [-0.3, -0.25) is 14.6 Å². The number of allylic oxidation sites excluding steroid dienone is 2. The van der Waals surface area contributed by atoms with Gasteiger partial charge in [0.05, 0.1) is 41.3 Å². The number of rotatable bonds is 3. The van der Waals surface area contributed by atoms with Crippen LogP contribution >= 0.6 is 0 Å². The number of esters is 1. The van der Waals surface area contributed by atoms with Crippen molar-refractivity contribution in [3.63, 3.8) is 0 Å². The fraction of sp³-hybridized carbons (Fsp3) is 0.606.